The van der Waals surface area contributed by atoms with Crippen LogP contribution in [0.5, 0.6) is 0 Å². The molecule has 10 rings (SSSR count). The average molecular weight is 602 g/mol. The maximum absolute atomic E-state index is 5.38. The summed E-state index contributed by atoms with van der Waals surface area (Å²) >= 11 is 0. The number of fused-ring (bicyclic) bond motifs is 10. The van der Waals surface area contributed by atoms with Crippen LogP contribution in [0.15, 0.2) is 127 Å². The van der Waals surface area contributed by atoms with Gasteiger partial charge in [0.25, 0.3) is 0 Å². The molecular weight excluding hydrogens is 571 g/mol. The fraction of sp³-hybridized carbons (Fsp3) is 0.0909. The Balaban J connectivity index is 1.27. The van der Waals surface area contributed by atoms with Gasteiger partial charge in [0.1, 0.15) is 5.82 Å². The van der Waals surface area contributed by atoms with Gasteiger partial charge in [0.05, 0.1) is 16.7 Å². The van der Waals surface area contributed by atoms with E-state index in [1.165, 1.54) is 54.6 Å². The first-order valence-electron chi connectivity index (χ1n) is 16.6. The lowest BCUT2D eigenvalue weighted by Crippen LogP contribution is -2.07. The van der Waals surface area contributed by atoms with E-state index in [1.54, 1.807) is 0 Å². The third-order valence-electron chi connectivity index (χ3n) is 10.2. The molecule has 0 amide bonds. The minimum Gasteiger partial charge on any atom is -0.294 e. The standard InChI is InChI=1S/C44H31N3/c1-2-14-30-28(12-1)13-11-21-36(30)40-27-43(47-41-22-9-7-19-37(41)38-20-8-10-23-42(38)47)46-44(45-40)29-24-25-35-33-17-4-3-15-31(33)32-16-5-6-18-34(32)39(35)26-29/h1-2,4,6-14,17-27H,3,5,15-16H2. The van der Waals surface area contributed by atoms with Gasteiger partial charge in [-0.25, -0.2) is 9.97 Å². The fourth-order valence-electron chi connectivity index (χ4n) is 8.04. The monoisotopic (exact) mass is 601 g/mol. The van der Waals surface area contributed by atoms with Crippen molar-refractivity contribution >= 4 is 55.5 Å². The molecule has 2 aliphatic carbocycles. The van der Waals surface area contributed by atoms with Gasteiger partial charge in [0.2, 0.25) is 0 Å². The molecule has 2 aliphatic rings. The van der Waals surface area contributed by atoms with Crippen molar-refractivity contribution < 1.29 is 0 Å². The van der Waals surface area contributed by atoms with Crippen molar-refractivity contribution in [3.8, 4) is 28.5 Å². The number of aromatic nitrogens is 3. The molecular formula is C44H31N3. The van der Waals surface area contributed by atoms with Crippen LogP contribution >= 0.6 is 0 Å². The molecule has 0 aliphatic heterocycles. The van der Waals surface area contributed by atoms with Gasteiger partial charge in [-0.1, -0.05) is 115 Å². The summed E-state index contributed by atoms with van der Waals surface area (Å²) in [5.74, 6) is 1.60. The van der Waals surface area contributed by atoms with Gasteiger partial charge in [-0.2, -0.15) is 0 Å². The lowest BCUT2D eigenvalue weighted by Gasteiger charge is -2.24. The zero-order valence-corrected chi connectivity index (χ0v) is 25.9. The van der Waals surface area contributed by atoms with Crippen LogP contribution in [-0.4, -0.2) is 14.5 Å². The predicted octanol–water partition coefficient (Wildman–Crippen LogP) is 11.1. The zero-order chi connectivity index (χ0) is 30.9. The van der Waals surface area contributed by atoms with Crippen LogP contribution < -0.4 is 0 Å². The van der Waals surface area contributed by atoms with E-state index >= 15 is 0 Å². The zero-order valence-electron chi connectivity index (χ0n) is 25.9. The number of hydrogen-bond acceptors (Lipinski definition) is 2. The van der Waals surface area contributed by atoms with Crippen LogP contribution in [0.1, 0.15) is 35.1 Å². The molecule has 3 nitrogen and oxygen atoms in total. The number of hydrogen-bond donors (Lipinski definition) is 0. The Morgan fingerprint density at radius 3 is 1.89 bits per heavy atom. The summed E-state index contributed by atoms with van der Waals surface area (Å²) in [6.07, 6.45) is 13.8. The summed E-state index contributed by atoms with van der Waals surface area (Å²) in [7, 11) is 0. The van der Waals surface area contributed by atoms with E-state index < -0.39 is 0 Å². The van der Waals surface area contributed by atoms with E-state index in [9.17, 15) is 0 Å². The number of para-hydroxylation sites is 2. The van der Waals surface area contributed by atoms with Crippen LogP contribution in [0.3, 0.4) is 0 Å². The van der Waals surface area contributed by atoms with Crippen molar-refractivity contribution in [3.63, 3.8) is 0 Å². The highest BCUT2D eigenvalue weighted by atomic mass is 15.1. The Kier molecular flexibility index (Phi) is 5.83. The molecule has 0 bridgehead atoms. The number of allylic oxidation sites excluding steroid dienone is 2. The molecule has 0 fully saturated rings. The third-order valence-corrected chi connectivity index (χ3v) is 10.2. The minimum absolute atomic E-state index is 0.732. The quantitative estimate of drug-likeness (QED) is 0.202. The predicted molar refractivity (Wildman–Crippen MR) is 197 cm³/mol. The first-order chi connectivity index (χ1) is 23.3. The van der Waals surface area contributed by atoms with Gasteiger partial charge < -0.3 is 0 Å². The number of benzene rings is 6. The van der Waals surface area contributed by atoms with Crippen molar-refractivity contribution in [2.45, 2.75) is 25.7 Å². The van der Waals surface area contributed by atoms with Crippen molar-refractivity contribution in [3.05, 3.63) is 150 Å². The van der Waals surface area contributed by atoms with Crippen LogP contribution in [-0.2, 0) is 12.8 Å². The second-order valence-electron chi connectivity index (χ2n) is 12.8. The smallest absolute Gasteiger partial charge is 0.162 e. The van der Waals surface area contributed by atoms with Gasteiger partial charge in [-0.05, 0) is 87.7 Å². The fourth-order valence-corrected chi connectivity index (χ4v) is 8.04. The van der Waals surface area contributed by atoms with E-state index in [0.29, 0.717) is 0 Å². The van der Waals surface area contributed by atoms with Crippen LogP contribution in [0, 0.1) is 0 Å². The first kappa shape index (κ1) is 26.4. The molecule has 6 aromatic carbocycles. The van der Waals surface area contributed by atoms with Gasteiger partial charge in [0, 0.05) is 28.0 Å². The number of rotatable bonds is 3. The second kappa shape index (κ2) is 10.4. The van der Waals surface area contributed by atoms with Crippen molar-refractivity contribution in [2.24, 2.45) is 0 Å². The molecule has 8 aromatic rings. The van der Waals surface area contributed by atoms with E-state index in [-0.39, 0.29) is 0 Å². The molecule has 222 valence electrons. The summed E-state index contributed by atoms with van der Waals surface area (Å²) in [6.45, 7) is 0. The normalized spacial score (nSPS) is 13.9. The summed E-state index contributed by atoms with van der Waals surface area (Å²) in [6, 6.07) is 41.3. The molecule has 0 atom stereocenters. The van der Waals surface area contributed by atoms with Crippen LogP contribution in [0.4, 0.5) is 0 Å². The third kappa shape index (κ3) is 4.06. The van der Waals surface area contributed by atoms with Gasteiger partial charge >= 0.3 is 0 Å². The Hall–Kier alpha value is -5.80. The molecule has 47 heavy (non-hydrogen) atoms. The number of nitrogens with zero attached hydrogens (tertiary/aromatic N) is 3. The van der Waals surface area contributed by atoms with E-state index in [4.69, 9.17) is 9.97 Å². The second-order valence-corrected chi connectivity index (χ2v) is 12.8. The molecule has 0 saturated carbocycles. The van der Waals surface area contributed by atoms with Crippen molar-refractivity contribution in [1.29, 1.82) is 0 Å². The van der Waals surface area contributed by atoms with Crippen LogP contribution in [0.25, 0.3) is 84.0 Å². The molecule has 0 saturated heterocycles. The first-order valence-corrected chi connectivity index (χ1v) is 16.6. The molecule has 0 spiro atoms. The van der Waals surface area contributed by atoms with E-state index in [2.05, 4.69) is 144 Å². The summed E-state index contributed by atoms with van der Waals surface area (Å²) < 4.78 is 2.30. The minimum atomic E-state index is 0.732. The SMILES string of the molecule is C1=Cc2c(c3c(c4cc(-c5nc(-c6cccc7ccccc67)cc(-n6c7ccccc7c7ccccc76)n5)ccc24)C=CCC3)CC1. The lowest BCUT2D eigenvalue weighted by atomic mass is 9.81. The largest absolute Gasteiger partial charge is 0.294 e. The van der Waals surface area contributed by atoms with Gasteiger partial charge in [-0.15, -0.1) is 0 Å². The summed E-state index contributed by atoms with van der Waals surface area (Å²) in [5.41, 5.74) is 11.1. The van der Waals surface area contributed by atoms with Crippen molar-refractivity contribution in [2.75, 3.05) is 0 Å². The summed E-state index contributed by atoms with van der Waals surface area (Å²) in [5, 5.41) is 7.43. The van der Waals surface area contributed by atoms with Gasteiger partial charge in [0.15, 0.2) is 5.82 Å². The highest BCUT2D eigenvalue weighted by molar-refractivity contribution is 6.09. The van der Waals surface area contributed by atoms with Crippen LogP contribution in [0.2, 0.25) is 0 Å². The van der Waals surface area contributed by atoms with Crippen molar-refractivity contribution in [1.82, 2.24) is 14.5 Å². The molecule has 3 heteroatoms. The van der Waals surface area contributed by atoms with E-state index in [0.717, 1.165) is 65.2 Å². The highest BCUT2D eigenvalue weighted by Crippen LogP contribution is 2.40. The maximum Gasteiger partial charge on any atom is 0.162 e. The molecule has 0 radical (unpaired) electrons. The Labute approximate surface area is 273 Å². The topological polar surface area (TPSA) is 30.7 Å². The molecule has 0 N–H and O–H groups in total. The Morgan fingerprint density at radius 2 is 1.15 bits per heavy atom. The average Bonchev–Trinajstić information content (AvgIpc) is 3.49. The van der Waals surface area contributed by atoms with E-state index in [1.807, 2.05) is 0 Å². The highest BCUT2D eigenvalue weighted by Gasteiger charge is 2.22. The molecule has 2 heterocycles. The van der Waals surface area contributed by atoms with Gasteiger partial charge in [-0.3, -0.25) is 4.57 Å². The Bertz CT molecular complexity index is 2580. The maximum atomic E-state index is 5.38. The summed E-state index contributed by atoms with van der Waals surface area (Å²) in [4.78, 5) is 10.7. The Morgan fingerprint density at radius 1 is 0.511 bits per heavy atom. The lowest BCUT2D eigenvalue weighted by molar-refractivity contribution is 0.911. The molecule has 0 unspecified atom stereocenters. The molecule has 2 aromatic heterocycles.